The SMILES string of the molecule is CC[n+]1ccc(Nc2cc(C)ccn2)cc1.[I-]. The van der Waals surface area contributed by atoms with Crippen molar-refractivity contribution in [1.29, 1.82) is 0 Å². The van der Waals surface area contributed by atoms with E-state index in [1.54, 1.807) is 0 Å². The molecule has 0 bridgehead atoms. The summed E-state index contributed by atoms with van der Waals surface area (Å²) in [6, 6.07) is 8.11. The molecule has 3 nitrogen and oxygen atoms in total. The van der Waals surface area contributed by atoms with Crippen LogP contribution in [0.1, 0.15) is 12.5 Å². The Bertz CT molecular complexity index is 468. The summed E-state index contributed by atoms with van der Waals surface area (Å²) >= 11 is 0. The minimum atomic E-state index is 0. The van der Waals surface area contributed by atoms with Gasteiger partial charge in [-0.2, -0.15) is 0 Å². The molecule has 0 aliphatic carbocycles. The molecule has 2 heterocycles. The van der Waals surface area contributed by atoms with E-state index in [2.05, 4.69) is 41.1 Å². The van der Waals surface area contributed by atoms with Gasteiger partial charge in [-0.25, -0.2) is 9.55 Å². The van der Waals surface area contributed by atoms with Gasteiger partial charge in [-0.15, -0.1) is 0 Å². The van der Waals surface area contributed by atoms with E-state index in [1.165, 1.54) is 5.56 Å². The number of aromatic nitrogens is 2. The molecule has 17 heavy (non-hydrogen) atoms. The molecule has 0 spiro atoms. The molecule has 0 fully saturated rings. The van der Waals surface area contributed by atoms with Gasteiger partial charge in [-0.05, 0) is 31.5 Å². The second-order valence-corrected chi connectivity index (χ2v) is 3.76. The van der Waals surface area contributed by atoms with Crippen molar-refractivity contribution in [2.24, 2.45) is 0 Å². The summed E-state index contributed by atoms with van der Waals surface area (Å²) in [5.41, 5.74) is 2.26. The van der Waals surface area contributed by atoms with Crippen LogP contribution in [0.25, 0.3) is 0 Å². The third kappa shape index (κ3) is 3.96. The van der Waals surface area contributed by atoms with E-state index in [1.807, 2.05) is 30.5 Å². The monoisotopic (exact) mass is 341 g/mol. The van der Waals surface area contributed by atoms with E-state index in [9.17, 15) is 0 Å². The molecule has 0 atom stereocenters. The first-order valence-corrected chi connectivity index (χ1v) is 5.46. The average molecular weight is 341 g/mol. The smallest absolute Gasteiger partial charge is 0.170 e. The Balaban J connectivity index is 0.00000144. The van der Waals surface area contributed by atoms with Crippen LogP contribution >= 0.6 is 0 Å². The number of nitrogens with zero attached hydrogens (tertiary/aromatic N) is 2. The van der Waals surface area contributed by atoms with E-state index in [-0.39, 0.29) is 24.0 Å². The summed E-state index contributed by atoms with van der Waals surface area (Å²) in [6.45, 7) is 5.17. The van der Waals surface area contributed by atoms with Crippen molar-refractivity contribution in [3.05, 3.63) is 48.4 Å². The van der Waals surface area contributed by atoms with Crippen LogP contribution in [0, 0.1) is 6.92 Å². The van der Waals surface area contributed by atoms with Crippen LogP contribution in [-0.2, 0) is 6.54 Å². The van der Waals surface area contributed by atoms with Gasteiger partial charge in [-0.1, -0.05) is 0 Å². The minimum Gasteiger partial charge on any atom is -1.00 e. The molecule has 90 valence electrons. The fourth-order valence-electron chi connectivity index (χ4n) is 1.50. The summed E-state index contributed by atoms with van der Waals surface area (Å²) in [6.07, 6.45) is 5.92. The molecule has 1 N–H and O–H groups in total. The summed E-state index contributed by atoms with van der Waals surface area (Å²) in [5.74, 6) is 0.884. The fraction of sp³-hybridized carbons (Fsp3) is 0.231. The maximum atomic E-state index is 4.26. The van der Waals surface area contributed by atoms with Crippen molar-refractivity contribution in [2.45, 2.75) is 20.4 Å². The molecule has 0 radical (unpaired) electrons. The average Bonchev–Trinajstić information content (AvgIpc) is 2.30. The predicted molar refractivity (Wildman–Crippen MR) is 64.6 cm³/mol. The Kier molecular flexibility index (Phi) is 5.34. The van der Waals surface area contributed by atoms with Gasteiger partial charge in [0.05, 0.1) is 5.69 Å². The van der Waals surface area contributed by atoms with Crippen LogP contribution in [0.2, 0.25) is 0 Å². The summed E-state index contributed by atoms with van der Waals surface area (Å²) < 4.78 is 2.12. The Morgan fingerprint density at radius 1 is 1.24 bits per heavy atom. The van der Waals surface area contributed by atoms with Gasteiger partial charge in [0, 0.05) is 18.3 Å². The number of halogens is 1. The molecule has 2 aromatic rings. The first-order valence-electron chi connectivity index (χ1n) is 5.46. The zero-order valence-corrected chi connectivity index (χ0v) is 12.2. The van der Waals surface area contributed by atoms with Gasteiger partial charge in [0.25, 0.3) is 0 Å². The van der Waals surface area contributed by atoms with Crippen molar-refractivity contribution < 1.29 is 28.5 Å². The molecule has 0 aromatic carbocycles. The van der Waals surface area contributed by atoms with Crippen LogP contribution in [-0.4, -0.2) is 4.98 Å². The molecular weight excluding hydrogens is 325 g/mol. The zero-order valence-electron chi connectivity index (χ0n) is 10.0. The molecule has 0 saturated heterocycles. The Hall–Kier alpha value is -1.17. The molecule has 0 aliphatic heterocycles. The van der Waals surface area contributed by atoms with Crippen LogP contribution < -0.4 is 33.9 Å². The molecule has 0 aliphatic rings. The lowest BCUT2D eigenvalue weighted by molar-refractivity contribution is -0.693. The van der Waals surface area contributed by atoms with Gasteiger partial charge < -0.3 is 29.3 Å². The second-order valence-electron chi connectivity index (χ2n) is 3.76. The lowest BCUT2D eigenvalue weighted by atomic mass is 10.3. The maximum absolute atomic E-state index is 4.26. The van der Waals surface area contributed by atoms with Gasteiger partial charge in [-0.3, -0.25) is 0 Å². The lowest BCUT2D eigenvalue weighted by Gasteiger charge is -2.04. The van der Waals surface area contributed by atoms with Crippen molar-refractivity contribution in [3.63, 3.8) is 0 Å². The van der Waals surface area contributed by atoms with Gasteiger partial charge in [0.1, 0.15) is 12.4 Å². The first-order chi connectivity index (χ1) is 7.78. The number of anilines is 2. The topological polar surface area (TPSA) is 28.8 Å². The molecular formula is C13H16IN3. The normalized spacial score (nSPS) is 9.53. The highest BCUT2D eigenvalue weighted by molar-refractivity contribution is 5.54. The minimum absolute atomic E-state index is 0. The predicted octanol–water partition coefficient (Wildman–Crippen LogP) is -0.555. The second kappa shape index (κ2) is 6.54. The van der Waals surface area contributed by atoms with E-state index < -0.39 is 0 Å². The first kappa shape index (κ1) is 13.9. The van der Waals surface area contributed by atoms with Gasteiger partial charge in [0.2, 0.25) is 0 Å². The Labute approximate surface area is 119 Å². The third-order valence-corrected chi connectivity index (χ3v) is 2.44. The van der Waals surface area contributed by atoms with Crippen LogP contribution in [0.4, 0.5) is 11.5 Å². The molecule has 2 rings (SSSR count). The number of rotatable bonds is 3. The van der Waals surface area contributed by atoms with Gasteiger partial charge in [0.15, 0.2) is 12.4 Å². The number of hydrogen-bond acceptors (Lipinski definition) is 2. The molecule has 4 heteroatoms. The molecule has 0 saturated carbocycles. The highest BCUT2D eigenvalue weighted by Crippen LogP contribution is 2.13. The summed E-state index contributed by atoms with van der Waals surface area (Å²) in [7, 11) is 0. The van der Waals surface area contributed by atoms with E-state index in [0.29, 0.717) is 0 Å². The lowest BCUT2D eigenvalue weighted by Crippen LogP contribution is -3.00. The van der Waals surface area contributed by atoms with Gasteiger partial charge >= 0.3 is 0 Å². The highest BCUT2D eigenvalue weighted by atomic mass is 127. The third-order valence-electron chi connectivity index (χ3n) is 2.44. The zero-order chi connectivity index (χ0) is 11.4. The van der Waals surface area contributed by atoms with Crippen LogP contribution in [0.15, 0.2) is 42.9 Å². The van der Waals surface area contributed by atoms with Crippen molar-refractivity contribution in [1.82, 2.24) is 4.98 Å². The van der Waals surface area contributed by atoms with E-state index in [4.69, 9.17) is 0 Å². The largest absolute Gasteiger partial charge is 1.00 e. The van der Waals surface area contributed by atoms with Crippen LogP contribution in [0.3, 0.4) is 0 Å². The standard InChI is InChI=1S/C13H15N3.HI/c1-3-16-8-5-12(6-9-16)15-13-10-11(2)4-7-14-13;/h4-10H,3H2,1-2H3;1H. The quantitative estimate of drug-likeness (QED) is 0.599. The number of nitrogens with one attached hydrogen (secondary N) is 1. The Morgan fingerprint density at radius 2 is 1.94 bits per heavy atom. The molecule has 0 amide bonds. The summed E-state index contributed by atoms with van der Waals surface area (Å²) in [5, 5.41) is 3.27. The van der Waals surface area contributed by atoms with Crippen LogP contribution in [0.5, 0.6) is 0 Å². The maximum Gasteiger partial charge on any atom is 0.170 e. The highest BCUT2D eigenvalue weighted by Gasteiger charge is 1.99. The summed E-state index contributed by atoms with van der Waals surface area (Å²) in [4.78, 5) is 4.26. The van der Waals surface area contributed by atoms with E-state index >= 15 is 0 Å². The van der Waals surface area contributed by atoms with E-state index in [0.717, 1.165) is 18.1 Å². The number of pyridine rings is 2. The number of aryl methyl sites for hydroxylation is 2. The fourth-order valence-corrected chi connectivity index (χ4v) is 1.50. The Morgan fingerprint density at radius 3 is 2.53 bits per heavy atom. The molecule has 2 aromatic heterocycles. The molecule has 0 unspecified atom stereocenters. The van der Waals surface area contributed by atoms with Crippen molar-refractivity contribution >= 4 is 11.5 Å². The van der Waals surface area contributed by atoms with Crippen molar-refractivity contribution in [3.8, 4) is 0 Å². The number of hydrogen-bond donors (Lipinski definition) is 1. The van der Waals surface area contributed by atoms with Crippen molar-refractivity contribution in [2.75, 3.05) is 5.32 Å².